The number of nitriles is 1. The highest BCUT2D eigenvalue weighted by molar-refractivity contribution is 7.89. The number of benzene rings is 2. The van der Waals surface area contributed by atoms with E-state index >= 15 is 0 Å². The Hall–Kier alpha value is -2.55. The van der Waals surface area contributed by atoms with Gasteiger partial charge < -0.3 is 9.47 Å². The summed E-state index contributed by atoms with van der Waals surface area (Å²) >= 11 is 0. The van der Waals surface area contributed by atoms with E-state index in [1.807, 2.05) is 0 Å². The van der Waals surface area contributed by atoms with Crippen molar-refractivity contribution in [1.82, 2.24) is 14.5 Å². The molecule has 2 bridgehead atoms. The number of ether oxygens (including phenoxy) is 2. The van der Waals surface area contributed by atoms with Crippen molar-refractivity contribution < 1.29 is 22.3 Å². The van der Waals surface area contributed by atoms with E-state index in [2.05, 4.69) is 20.6 Å². The van der Waals surface area contributed by atoms with Gasteiger partial charge in [0.05, 0.1) is 23.8 Å². The highest BCUT2D eigenvalue weighted by Crippen LogP contribution is 2.20. The molecule has 2 heterocycles. The van der Waals surface area contributed by atoms with Crippen molar-refractivity contribution in [1.29, 1.82) is 5.26 Å². The SMILES string of the molecule is N#Cc1ccc(OCCN2CC3CN(CCCNS(=O)(=O)c4ccccc4F)CC(C2)O3)cc1. The molecule has 0 saturated carbocycles. The highest BCUT2D eigenvalue weighted by atomic mass is 32.2. The summed E-state index contributed by atoms with van der Waals surface area (Å²) in [5.41, 5.74) is 0.611. The maximum Gasteiger partial charge on any atom is 0.243 e. The van der Waals surface area contributed by atoms with E-state index in [4.69, 9.17) is 14.7 Å². The normalized spacial score (nSPS) is 21.2. The zero-order valence-corrected chi connectivity index (χ0v) is 19.7. The van der Waals surface area contributed by atoms with Crippen LogP contribution in [0.4, 0.5) is 4.39 Å². The molecule has 8 nitrogen and oxygen atoms in total. The number of hydrogen-bond acceptors (Lipinski definition) is 7. The second kappa shape index (κ2) is 11.3. The van der Waals surface area contributed by atoms with Gasteiger partial charge >= 0.3 is 0 Å². The molecular weight excluding hydrogens is 459 g/mol. The first-order valence-electron chi connectivity index (χ1n) is 11.4. The van der Waals surface area contributed by atoms with Gasteiger partial charge in [-0.05, 0) is 49.4 Å². The smallest absolute Gasteiger partial charge is 0.243 e. The molecule has 2 aromatic carbocycles. The summed E-state index contributed by atoms with van der Waals surface area (Å²) in [6.45, 7) is 5.60. The molecule has 2 atom stereocenters. The molecule has 10 heteroatoms. The molecule has 34 heavy (non-hydrogen) atoms. The van der Waals surface area contributed by atoms with Crippen LogP contribution in [0.3, 0.4) is 0 Å². The third-order valence-electron chi connectivity index (χ3n) is 5.96. The van der Waals surface area contributed by atoms with Gasteiger partial charge in [-0.3, -0.25) is 9.80 Å². The first-order valence-corrected chi connectivity index (χ1v) is 12.9. The third kappa shape index (κ3) is 6.52. The van der Waals surface area contributed by atoms with Crippen LogP contribution in [0.1, 0.15) is 12.0 Å². The van der Waals surface area contributed by atoms with Gasteiger partial charge in [0, 0.05) is 39.3 Å². The van der Waals surface area contributed by atoms with Crippen LogP contribution in [0.2, 0.25) is 0 Å². The minimum atomic E-state index is -3.85. The van der Waals surface area contributed by atoms with Crippen LogP contribution in [0.15, 0.2) is 53.4 Å². The summed E-state index contributed by atoms with van der Waals surface area (Å²) in [7, 11) is -3.85. The maximum absolute atomic E-state index is 13.8. The number of rotatable bonds is 10. The van der Waals surface area contributed by atoms with Gasteiger partial charge in [0.15, 0.2) is 0 Å². The Morgan fingerprint density at radius 2 is 1.68 bits per heavy atom. The topological polar surface area (TPSA) is 94.9 Å². The third-order valence-corrected chi connectivity index (χ3v) is 7.46. The predicted molar refractivity (Wildman–Crippen MR) is 124 cm³/mol. The van der Waals surface area contributed by atoms with Crippen LogP contribution in [0.25, 0.3) is 0 Å². The number of halogens is 1. The second-order valence-corrected chi connectivity index (χ2v) is 10.3. The fraction of sp³-hybridized carbons (Fsp3) is 0.458. The lowest BCUT2D eigenvalue weighted by Gasteiger charge is -2.45. The molecule has 2 unspecified atom stereocenters. The monoisotopic (exact) mass is 488 g/mol. The van der Waals surface area contributed by atoms with E-state index in [1.165, 1.54) is 18.2 Å². The molecule has 2 aromatic rings. The summed E-state index contributed by atoms with van der Waals surface area (Å²) in [6, 6.07) is 14.6. The summed E-state index contributed by atoms with van der Waals surface area (Å²) in [4.78, 5) is 4.34. The maximum atomic E-state index is 13.8. The van der Waals surface area contributed by atoms with Crippen LogP contribution >= 0.6 is 0 Å². The predicted octanol–water partition coefficient (Wildman–Crippen LogP) is 1.83. The number of hydrogen-bond donors (Lipinski definition) is 1. The lowest BCUT2D eigenvalue weighted by Crippen LogP contribution is -2.60. The van der Waals surface area contributed by atoms with E-state index in [1.54, 1.807) is 24.3 Å². The van der Waals surface area contributed by atoms with Gasteiger partial charge in [0.25, 0.3) is 0 Å². The molecule has 0 aliphatic carbocycles. The lowest BCUT2D eigenvalue weighted by molar-refractivity contribution is -0.139. The Bertz CT molecular complexity index is 1090. The van der Waals surface area contributed by atoms with Crippen molar-refractivity contribution in [3.05, 3.63) is 59.9 Å². The molecule has 0 aromatic heterocycles. The molecule has 0 spiro atoms. The Kier molecular flexibility index (Phi) is 8.13. The van der Waals surface area contributed by atoms with Crippen molar-refractivity contribution in [2.75, 3.05) is 52.4 Å². The number of morpholine rings is 2. The number of nitrogens with one attached hydrogen (secondary N) is 1. The van der Waals surface area contributed by atoms with E-state index < -0.39 is 15.8 Å². The molecule has 1 N–H and O–H groups in total. The Balaban J connectivity index is 1.16. The molecule has 2 aliphatic rings. The van der Waals surface area contributed by atoms with Gasteiger partial charge in [-0.1, -0.05) is 12.1 Å². The standard InChI is InChI=1S/C24H29FN4O4S/c25-23-4-1-2-5-24(23)34(30,31)27-10-3-11-28-15-21-17-29(18-22(16-28)33-21)12-13-32-20-8-6-19(14-26)7-9-20/h1-2,4-9,21-22,27H,3,10-13,15-18H2. The van der Waals surface area contributed by atoms with E-state index in [9.17, 15) is 12.8 Å². The molecule has 182 valence electrons. The first kappa shape index (κ1) is 24.6. The van der Waals surface area contributed by atoms with Gasteiger partial charge in [-0.15, -0.1) is 0 Å². The van der Waals surface area contributed by atoms with Crippen molar-refractivity contribution in [3.8, 4) is 11.8 Å². The summed E-state index contributed by atoms with van der Waals surface area (Å²) in [6.07, 6.45) is 0.852. The van der Waals surface area contributed by atoms with Crippen LogP contribution in [-0.2, 0) is 14.8 Å². The number of fused-ring (bicyclic) bond motifs is 2. The van der Waals surface area contributed by atoms with Crippen molar-refractivity contribution >= 4 is 10.0 Å². The quantitative estimate of drug-likeness (QED) is 0.510. The van der Waals surface area contributed by atoms with Crippen molar-refractivity contribution in [3.63, 3.8) is 0 Å². The molecule has 0 amide bonds. The van der Waals surface area contributed by atoms with Crippen LogP contribution in [0, 0.1) is 17.1 Å². The Morgan fingerprint density at radius 1 is 1.03 bits per heavy atom. The largest absolute Gasteiger partial charge is 0.492 e. The lowest BCUT2D eigenvalue weighted by atomic mass is 10.1. The fourth-order valence-electron chi connectivity index (χ4n) is 4.39. The Labute approximate surface area is 199 Å². The van der Waals surface area contributed by atoms with Gasteiger partial charge in [0.2, 0.25) is 10.0 Å². The zero-order chi connectivity index (χ0) is 24.0. The van der Waals surface area contributed by atoms with E-state index in [0.29, 0.717) is 18.6 Å². The van der Waals surface area contributed by atoms with Crippen LogP contribution in [0.5, 0.6) is 5.75 Å². The molecule has 2 saturated heterocycles. The summed E-state index contributed by atoms with van der Waals surface area (Å²) in [5.74, 6) is 0.00659. The number of sulfonamides is 1. The second-order valence-electron chi connectivity index (χ2n) is 8.57. The van der Waals surface area contributed by atoms with Gasteiger partial charge in [-0.2, -0.15) is 5.26 Å². The van der Waals surface area contributed by atoms with Crippen molar-refractivity contribution in [2.45, 2.75) is 23.5 Å². The fourth-order valence-corrected chi connectivity index (χ4v) is 5.54. The molecule has 4 rings (SSSR count). The average Bonchev–Trinajstić information content (AvgIpc) is 2.82. The highest BCUT2D eigenvalue weighted by Gasteiger charge is 2.34. The molecule has 0 radical (unpaired) electrons. The molecular formula is C24H29FN4O4S. The van der Waals surface area contributed by atoms with Gasteiger partial charge in [0.1, 0.15) is 23.1 Å². The summed E-state index contributed by atoms with van der Waals surface area (Å²) < 4.78 is 52.8. The van der Waals surface area contributed by atoms with Crippen molar-refractivity contribution in [2.24, 2.45) is 0 Å². The first-order chi connectivity index (χ1) is 16.4. The van der Waals surface area contributed by atoms with Crippen LogP contribution in [-0.4, -0.2) is 82.8 Å². The Morgan fingerprint density at radius 3 is 2.32 bits per heavy atom. The molecule has 2 aliphatic heterocycles. The van der Waals surface area contributed by atoms with Crippen LogP contribution < -0.4 is 9.46 Å². The minimum Gasteiger partial charge on any atom is -0.492 e. The van der Waals surface area contributed by atoms with E-state index in [-0.39, 0.29) is 23.6 Å². The minimum absolute atomic E-state index is 0.109. The summed E-state index contributed by atoms with van der Waals surface area (Å²) in [5, 5.41) is 8.86. The van der Waals surface area contributed by atoms with E-state index in [0.717, 1.165) is 51.1 Å². The average molecular weight is 489 g/mol. The molecule has 2 fully saturated rings. The number of nitrogens with zero attached hydrogens (tertiary/aromatic N) is 3. The van der Waals surface area contributed by atoms with Gasteiger partial charge in [-0.25, -0.2) is 17.5 Å². The zero-order valence-electron chi connectivity index (χ0n) is 18.9.